The molecular weight excluding hydrogens is 346 g/mol. The largest absolute Gasteiger partial charge is 0.385 e. The maximum atomic E-state index is 12.0. The summed E-state index contributed by atoms with van der Waals surface area (Å²) in [5, 5.41) is 6.07. The zero-order valence-corrected chi connectivity index (χ0v) is 13.9. The lowest BCUT2D eigenvalue weighted by atomic mass is 10.2. The lowest BCUT2D eigenvalue weighted by Crippen LogP contribution is -2.26. The molecule has 5 nitrogen and oxygen atoms in total. The number of benzene rings is 1. The van der Waals surface area contributed by atoms with Crippen molar-refractivity contribution in [2.24, 2.45) is 0 Å². The van der Waals surface area contributed by atoms with Crippen LogP contribution >= 0.6 is 15.9 Å². The number of nitrogens with zero attached hydrogens (tertiary/aromatic N) is 1. The number of pyridine rings is 1. The number of amides is 1. The van der Waals surface area contributed by atoms with Gasteiger partial charge in [0, 0.05) is 36.6 Å². The van der Waals surface area contributed by atoms with Gasteiger partial charge in [0.2, 0.25) is 0 Å². The van der Waals surface area contributed by atoms with Gasteiger partial charge in [-0.05, 0) is 46.6 Å². The number of para-hydroxylation sites is 1. The second-order valence-corrected chi connectivity index (χ2v) is 5.49. The molecule has 1 aromatic carbocycles. The first-order valence-electron chi connectivity index (χ1n) is 6.95. The van der Waals surface area contributed by atoms with E-state index >= 15 is 0 Å². The summed E-state index contributed by atoms with van der Waals surface area (Å²) < 4.78 is 5.90. The molecule has 2 aromatic rings. The topological polar surface area (TPSA) is 63.2 Å². The van der Waals surface area contributed by atoms with Crippen molar-refractivity contribution < 1.29 is 9.53 Å². The molecule has 0 aliphatic carbocycles. The molecule has 2 N–H and O–H groups in total. The van der Waals surface area contributed by atoms with E-state index in [1.54, 1.807) is 19.4 Å². The van der Waals surface area contributed by atoms with E-state index in [0.717, 1.165) is 22.3 Å². The summed E-state index contributed by atoms with van der Waals surface area (Å²) >= 11 is 3.48. The fraction of sp³-hybridized carbons (Fsp3) is 0.250. The zero-order chi connectivity index (χ0) is 15.8. The highest BCUT2D eigenvalue weighted by Crippen LogP contribution is 2.25. The van der Waals surface area contributed by atoms with Crippen LogP contribution in [0.4, 0.5) is 11.4 Å². The molecule has 0 saturated heterocycles. The maximum absolute atomic E-state index is 12.0. The summed E-state index contributed by atoms with van der Waals surface area (Å²) in [4.78, 5) is 16.1. The number of hydrogen-bond donors (Lipinski definition) is 2. The van der Waals surface area contributed by atoms with E-state index in [9.17, 15) is 4.79 Å². The third-order valence-electron chi connectivity index (χ3n) is 2.96. The molecule has 1 amide bonds. The molecule has 0 saturated carbocycles. The molecule has 0 unspecified atom stereocenters. The van der Waals surface area contributed by atoms with Crippen LogP contribution in [0.25, 0.3) is 0 Å². The Balaban J connectivity index is 2.00. The first-order valence-corrected chi connectivity index (χ1v) is 7.75. The summed E-state index contributed by atoms with van der Waals surface area (Å²) in [5.41, 5.74) is 2.12. The van der Waals surface area contributed by atoms with E-state index in [-0.39, 0.29) is 5.91 Å². The molecule has 0 aliphatic heterocycles. The predicted molar refractivity (Wildman–Crippen MR) is 90.5 cm³/mol. The van der Waals surface area contributed by atoms with Gasteiger partial charge in [-0.2, -0.15) is 0 Å². The van der Waals surface area contributed by atoms with Gasteiger partial charge in [-0.1, -0.05) is 12.1 Å². The highest BCUT2D eigenvalue weighted by molar-refractivity contribution is 9.10. The minimum atomic E-state index is -0.188. The fourth-order valence-electron chi connectivity index (χ4n) is 1.86. The number of carbonyl (C=O) groups is 1. The normalized spacial score (nSPS) is 10.3. The predicted octanol–water partition coefficient (Wildman–Crippen LogP) is 3.35. The van der Waals surface area contributed by atoms with Crippen molar-refractivity contribution in [3.8, 4) is 0 Å². The Morgan fingerprint density at radius 2 is 2.14 bits per heavy atom. The van der Waals surface area contributed by atoms with Crippen LogP contribution in [0.3, 0.4) is 0 Å². The molecular formula is C16H18BrN3O2. The van der Waals surface area contributed by atoms with E-state index < -0.39 is 0 Å². The molecule has 0 atom stereocenters. The molecule has 6 heteroatoms. The van der Waals surface area contributed by atoms with Gasteiger partial charge in [0.1, 0.15) is 5.69 Å². The lowest BCUT2D eigenvalue weighted by molar-refractivity contribution is 0.0943. The van der Waals surface area contributed by atoms with E-state index in [1.807, 2.05) is 30.3 Å². The summed E-state index contributed by atoms with van der Waals surface area (Å²) in [7, 11) is 1.64. The third-order valence-corrected chi connectivity index (χ3v) is 3.65. The minimum Gasteiger partial charge on any atom is -0.385 e. The number of ether oxygens (including phenoxy) is 1. The van der Waals surface area contributed by atoms with Crippen molar-refractivity contribution in [1.29, 1.82) is 0 Å². The summed E-state index contributed by atoms with van der Waals surface area (Å²) in [6.07, 6.45) is 2.39. The van der Waals surface area contributed by atoms with Crippen LogP contribution in [0.1, 0.15) is 16.9 Å². The molecule has 0 bridgehead atoms. The van der Waals surface area contributed by atoms with Gasteiger partial charge in [0.25, 0.3) is 5.91 Å². The van der Waals surface area contributed by atoms with Crippen molar-refractivity contribution >= 4 is 33.2 Å². The second kappa shape index (κ2) is 8.51. The van der Waals surface area contributed by atoms with Crippen LogP contribution in [0.5, 0.6) is 0 Å². The molecule has 116 valence electrons. The zero-order valence-electron chi connectivity index (χ0n) is 12.3. The van der Waals surface area contributed by atoms with Gasteiger partial charge in [-0.3, -0.25) is 9.78 Å². The number of hydrogen-bond acceptors (Lipinski definition) is 4. The number of rotatable bonds is 7. The number of nitrogens with one attached hydrogen (secondary N) is 2. The molecule has 2 rings (SSSR count). The Kier molecular flexibility index (Phi) is 6.36. The summed E-state index contributed by atoms with van der Waals surface area (Å²) in [6, 6.07) is 11.3. The van der Waals surface area contributed by atoms with Crippen LogP contribution in [0, 0.1) is 0 Å². The van der Waals surface area contributed by atoms with Gasteiger partial charge >= 0.3 is 0 Å². The number of methoxy groups -OCH3 is 1. The quantitative estimate of drug-likeness (QED) is 0.740. The van der Waals surface area contributed by atoms with Gasteiger partial charge in [-0.15, -0.1) is 0 Å². The van der Waals surface area contributed by atoms with E-state index in [1.165, 1.54) is 0 Å². The average Bonchev–Trinajstić information content (AvgIpc) is 2.54. The molecule has 0 fully saturated rings. The van der Waals surface area contributed by atoms with E-state index in [4.69, 9.17) is 4.74 Å². The molecule has 0 radical (unpaired) electrons. The highest BCUT2D eigenvalue weighted by Gasteiger charge is 2.08. The molecule has 0 aliphatic rings. The van der Waals surface area contributed by atoms with E-state index in [2.05, 4.69) is 31.5 Å². The van der Waals surface area contributed by atoms with Crippen LogP contribution in [0.15, 0.2) is 47.1 Å². The Bertz CT molecular complexity index is 634. The first kappa shape index (κ1) is 16.5. The van der Waals surface area contributed by atoms with Crippen molar-refractivity contribution in [2.75, 3.05) is 25.6 Å². The third kappa shape index (κ3) is 4.82. The van der Waals surface area contributed by atoms with Crippen LogP contribution in [-0.2, 0) is 4.74 Å². The van der Waals surface area contributed by atoms with Gasteiger partial charge in [-0.25, -0.2) is 0 Å². The maximum Gasteiger partial charge on any atom is 0.269 e. The number of aromatic nitrogens is 1. The second-order valence-electron chi connectivity index (χ2n) is 4.64. The minimum absolute atomic E-state index is 0.188. The molecule has 0 spiro atoms. The SMILES string of the molecule is COCCCNC(=O)c1cc(Nc2ccccc2Br)ccn1. The van der Waals surface area contributed by atoms with Gasteiger partial charge in [0.15, 0.2) is 0 Å². The number of carbonyl (C=O) groups excluding carboxylic acids is 1. The van der Waals surface area contributed by atoms with Crippen LogP contribution < -0.4 is 10.6 Å². The summed E-state index contributed by atoms with van der Waals surface area (Å²) in [6.45, 7) is 1.19. The standard InChI is InChI=1S/C16H18BrN3O2/c1-22-10-4-8-19-16(21)15-11-12(7-9-18-15)20-14-6-3-2-5-13(14)17/h2-3,5-7,9,11H,4,8,10H2,1H3,(H,18,20)(H,19,21). The Morgan fingerprint density at radius 3 is 2.91 bits per heavy atom. The first-order chi connectivity index (χ1) is 10.7. The Labute approximate surface area is 138 Å². The highest BCUT2D eigenvalue weighted by atomic mass is 79.9. The van der Waals surface area contributed by atoms with Crippen molar-refractivity contribution in [3.05, 3.63) is 52.8 Å². The van der Waals surface area contributed by atoms with Crippen molar-refractivity contribution in [2.45, 2.75) is 6.42 Å². The smallest absolute Gasteiger partial charge is 0.269 e. The average molecular weight is 364 g/mol. The van der Waals surface area contributed by atoms with Crippen LogP contribution in [0.2, 0.25) is 0 Å². The van der Waals surface area contributed by atoms with Crippen molar-refractivity contribution in [1.82, 2.24) is 10.3 Å². The fourth-order valence-corrected chi connectivity index (χ4v) is 2.24. The monoisotopic (exact) mass is 363 g/mol. The summed E-state index contributed by atoms with van der Waals surface area (Å²) in [5.74, 6) is -0.188. The lowest BCUT2D eigenvalue weighted by Gasteiger charge is -2.10. The molecule has 1 heterocycles. The van der Waals surface area contributed by atoms with Crippen LogP contribution in [-0.4, -0.2) is 31.2 Å². The van der Waals surface area contributed by atoms with E-state index in [0.29, 0.717) is 18.8 Å². The van der Waals surface area contributed by atoms with Gasteiger partial charge in [0.05, 0.1) is 5.69 Å². The number of anilines is 2. The van der Waals surface area contributed by atoms with Crippen molar-refractivity contribution in [3.63, 3.8) is 0 Å². The molecule has 1 aromatic heterocycles. The number of halogens is 1. The Morgan fingerprint density at radius 1 is 1.32 bits per heavy atom. The molecule has 22 heavy (non-hydrogen) atoms. The Hall–Kier alpha value is -1.92. The van der Waals surface area contributed by atoms with Gasteiger partial charge < -0.3 is 15.4 Å².